The Hall–Kier alpha value is -1.57. The molecule has 0 spiro atoms. The van der Waals surface area contributed by atoms with Crippen molar-refractivity contribution in [2.24, 2.45) is 0 Å². The summed E-state index contributed by atoms with van der Waals surface area (Å²) in [4.78, 5) is 28.9. The number of hydrogen-bond acceptors (Lipinski definition) is 3. The predicted molar refractivity (Wildman–Crippen MR) is 109 cm³/mol. The Morgan fingerprint density at radius 3 is 2.74 bits per heavy atom. The number of likely N-dealkylation sites (tertiary alicyclic amines) is 1. The molecule has 0 bridgehead atoms. The van der Waals surface area contributed by atoms with Crippen molar-refractivity contribution in [1.82, 2.24) is 5.32 Å². The van der Waals surface area contributed by atoms with Gasteiger partial charge in [0.05, 0.1) is 38.4 Å². The average Bonchev–Trinajstić information content (AvgIpc) is 3.21. The molecule has 7 heteroatoms. The zero-order chi connectivity index (χ0) is 19.2. The monoisotopic (exact) mass is 392 g/mol. The number of rotatable bonds is 8. The van der Waals surface area contributed by atoms with Crippen LogP contribution in [0.5, 0.6) is 0 Å². The number of carbonyl (C=O) groups is 2. The molecule has 1 saturated heterocycles. The molecule has 2 heterocycles. The van der Waals surface area contributed by atoms with Gasteiger partial charge in [-0.15, -0.1) is 0 Å². The second-order valence-electron chi connectivity index (χ2n) is 7.38. The van der Waals surface area contributed by atoms with Gasteiger partial charge >= 0.3 is 0 Å². The zero-order valence-electron chi connectivity index (χ0n) is 16.4. The Labute approximate surface area is 166 Å². The summed E-state index contributed by atoms with van der Waals surface area (Å²) in [6.45, 7) is 10.5. The van der Waals surface area contributed by atoms with Gasteiger partial charge in [-0.25, -0.2) is 0 Å². The van der Waals surface area contributed by atoms with E-state index >= 15 is 0 Å². The Bertz CT molecular complexity index is 672. The van der Waals surface area contributed by atoms with Gasteiger partial charge in [-0.05, 0) is 32.0 Å². The van der Waals surface area contributed by atoms with E-state index in [2.05, 4.69) is 24.5 Å². The highest BCUT2D eigenvalue weighted by Gasteiger charge is 2.37. The maximum Gasteiger partial charge on any atom is 0.294 e. The first kappa shape index (κ1) is 20.2. The van der Waals surface area contributed by atoms with Gasteiger partial charge < -0.3 is 20.4 Å². The van der Waals surface area contributed by atoms with Crippen LogP contribution < -0.4 is 20.4 Å². The number of anilines is 1. The van der Waals surface area contributed by atoms with Crippen LogP contribution in [-0.2, 0) is 4.79 Å². The summed E-state index contributed by atoms with van der Waals surface area (Å²) in [6.07, 6.45) is 3.36. The minimum Gasteiger partial charge on any atom is -0.352 e. The third kappa shape index (κ3) is 5.03. The van der Waals surface area contributed by atoms with E-state index in [-0.39, 0.29) is 17.2 Å². The summed E-state index contributed by atoms with van der Waals surface area (Å²) in [5.41, 5.74) is 1.37. The normalized spacial score (nSPS) is 19.8. The minimum absolute atomic E-state index is 0.0594. The summed E-state index contributed by atoms with van der Waals surface area (Å²) in [5.74, 6) is -0.0111. The predicted octanol–water partition coefficient (Wildman–Crippen LogP) is -0.220. The van der Waals surface area contributed by atoms with Crippen molar-refractivity contribution in [3.05, 3.63) is 23.8 Å². The smallest absolute Gasteiger partial charge is 0.294 e. The number of fused-ring (bicyclic) bond motifs is 1. The molecule has 1 aromatic rings. The van der Waals surface area contributed by atoms with E-state index in [9.17, 15) is 9.59 Å². The quantitative estimate of drug-likeness (QED) is 0.463. The van der Waals surface area contributed by atoms with Crippen molar-refractivity contribution < 1.29 is 19.4 Å². The van der Waals surface area contributed by atoms with Crippen LogP contribution in [0.3, 0.4) is 0 Å². The van der Waals surface area contributed by atoms with Crippen LogP contribution in [0.2, 0.25) is 0 Å². The Balaban J connectivity index is 1.55. The number of benzene rings is 1. The Morgan fingerprint density at radius 1 is 1.30 bits per heavy atom. The highest BCUT2D eigenvalue weighted by molar-refractivity contribution is 8.00. The largest absolute Gasteiger partial charge is 0.352 e. The fraction of sp³-hybridized carbons (Fsp3) is 0.600. The molecule has 0 aromatic heterocycles. The molecule has 2 aliphatic rings. The van der Waals surface area contributed by atoms with E-state index in [1.165, 1.54) is 17.7 Å². The van der Waals surface area contributed by atoms with Crippen LogP contribution in [0.4, 0.5) is 5.69 Å². The number of hydrogen-bond donors (Lipinski definition) is 4. The molecule has 27 heavy (non-hydrogen) atoms. The van der Waals surface area contributed by atoms with Gasteiger partial charge in [-0.3, -0.25) is 9.59 Å². The van der Waals surface area contributed by atoms with Gasteiger partial charge in [0.2, 0.25) is 5.37 Å². The topological polar surface area (TPSA) is 67.1 Å². The van der Waals surface area contributed by atoms with Crippen molar-refractivity contribution >= 4 is 29.3 Å². The second kappa shape index (κ2) is 9.57. The van der Waals surface area contributed by atoms with Crippen molar-refractivity contribution in [2.45, 2.75) is 43.4 Å². The van der Waals surface area contributed by atoms with Crippen molar-refractivity contribution in [1.29, 1.82) is 0 Å². The van der Waals surface area contributed by atoms with Gasteiger partial charge in [0.25, 0.3) is 11.8 Å². The van der Waals surface area contributed by atoms with E-state index in [1.807, 2.05) is 12.1 Å². The van der Waals surface area contributed by atoms with E-state index in [4.69, 9.17) is 0 Å². The molecule has 3 rings (SSSR count). The summed E-state index contributed by atoms with van der Waals surface area (Å²) in [5, 5.41) is 5.95. The number of amides is 2. The average molecular weight is 393 g/mol. The van der Waals surface area contributed by atoms with E-state index in [1.54, 1.807) is 22.7 Å². The lowest BCUT2D eigenvalue weighted by molar-refractivity contribution is -0.896. The number of carbonyl (C=O) groups excluding carboxylic acids is 2. The lowest BCUT2D eigenvalue weighted by Gasteiger charge is -2.28. The third-order valence-corrected chi connectivity index (χ3v) is 6.98. The van der Waals surface area contributed by atoms with Gasteiger partial charge in [0.1, 0.15) is 0 Å². The fourth-order valence-electron chi connectivity index (χ4n) is 3.86. The van der Waals surface area contributed by atoms with Crippen LogP contribution >= 0.6 is 11.8 Å². The van der Waals surface area contributed by atoms with Crippen LogP contribution in [0.1, 0.15) is 43.5 Å². The summed E-state index contributed by atoms with van der Waals surface area (Å²) in [7, 11) is 0. The van der Waals surface area contributed by atoms with E-state index < -0.39 is 0 Å². The zero-order valence-corrected chi connectivity index (χ0v) is 17.2. The van der Waals surface area contributed by atoms with Gasteiger partial charge in [-0.2, -0.15) is 0 Å². The first-order chi connectivity index (χ1) is 13.1. The lowest BCUT2D eigenvalue weighted by atomic mass is 10.1. The molecule has 1 unspecified atom stereocenters. The molecule has 0 saturated carbocycles. The molecule has 1 atom stereocenters. The molecule has 148 valence electrons. The molecule has 6 nitrogen and oxygen atoms in total. The maximum absolute atomic E-state index is 12.5. The minimum atomic E-state index is -0.0705. The molecule has 0 aliphatic carbocycles. The van der Waals surface area contributed by atoms with Crippen LogP contribution in [0.25, 0.3) is 0 Å². The summed E-state index contributed by atoms with van der Waals surface area (Å²) >= 11 is 1.63. The molecule has 1 aromatic carbocycles. The van der Waals surface area contributed by atoms with Crippen molar-refractivity contribution in [2.75, 3.05) is 44.6 Å². The standard InChI is InChI=1S/C20H30N4O2S/c1-3-23(4-2)11-7-10-21-18(25)15-8-9-17-16(14-15)22-19(26)20(27-17)24-12-5-6-13-24/h8-9,14,20H,3-7,10-13H2,1-2H3,(H,21,25)(H,22,26)/p+2. The molecule has 1 fully saturated rings. The summed E-state index contributed by atoms with van der Waals surface area (Å²) in [6, 6.07) is 5.64. The lowest BCUT2D eigenvalue weighted by Crippen LogP contribution is -3.14. The molecule has 2 amide bonds. The van der Waals surface area contributed by atoms with Crippen LogP contribution in [0.15, 0.2) is 23.1 Å². The highest BCUT2D eigenvalue weighted by atomic mass is 32.2. The van der Waals surface area contributed by atoms with Gasteiger partial charge in [0, 0.05) is 36.3 Å². The van der Waals surface area contributed by atoms with Crippen LogP contribution in [0, 0.1) is 0 Å². The first-order valence-electron chi connectivity index (χ1n) is 10.2. The molecule has 4 N–H and O–H groups in total. The van der Waals surface area contributed by atoms with Gasteiger partial charge in [-0.1, -0.05) is 11.8 Å². The number of nitrogens with one attached hydrogen (secondary N) is 4. The molecule has 2 aliphatic heterocycles. The number of thioether (sulfide) groups is 1. The fourth-order valence-corrected chi connectivity index (χ4v) is 5.06. The number of quaternary nitrogens is 2. The Morgan fingerprint density at radius 2 is 2.04 bits per heavy atom. The molecule has 0 radical (unpaired) electrons. The van der Waals surface area contributed by atoms with Crippen molar-refractivity contribution in [3.63, 3.8) is 0 Å². The Kier molecular flexibility index (Phi) is 7.15. The third-order valence-electron chi connectivity index (χ3n) is 5.59. The van der Waals surface area contributed by atoms with Crippen molar-refractivity contribution in [3.8, 4) is 0 Å². The van der Waals surface area contributed by atoms with Gasteiger partial charge in [0.15, 0.2) is 0 Å². The second-order valence-corrected chi connectivity index (χ2v) is 8.53. The molecular formula is C20H32N4O2S+2. The van der Waals surface area contributed by atoms with E-state index in [0.29, 0.717) is 12.1 Å². The SMILES string of the molecule is CC[NH+](CC)CCCNC(=O)c1ccc2c(c1)NC(=O)C([NH+]1CCCC1)S2. The maximum atomic E-state index is 12.5. The molecular weight excluding hydrogens is 360 g/mol. The van der Waals surface area contributed by atoms with Crippen LogP contribution in [-0.4, -0.2) is 56.5 Å². The van der Waals surface area contributed by atoms with E-state index in [0.717, 1.165) is 49.7 Å². The summed E-state index contributed by atoms with van der Waals surface area (Å²) < 4.78 is 0. The highest BCUT2D eigenvalue weighted by Crippen LogP contribution is 2.34. The first-order valence-corrected chi connectivity index (χ1v) is 11.1.